The number of carbonyl (C=O) groups is 2. The zero-order valence-corrected chi connectivity index (χ0v) is 17.1. The van der Waals surface area contributed by atoms with Crippen LogP contribution < -0.4 is 4.74 Å². The zero-order valence-electron chi connectivity index (χ0n) is 17.1. The van der Waals surface area contributed by atoms with Crippen molar-refractivity contribution in [3.63, 3.8) is 0 Å². The van der Waals surface area contributed by atoms with E-state index >= 15 is 0 Å². The second-order valence-corrected chi connectivity index (χ2v) is 8.02. The summed E-state index contributed by atoms with van der Waals surface area (Å²) in [6, 6.07) is 13.4. The van der Waals surface area contributed by atoms with Gasteiger partial charge in [-0.25, -0.2) is 4.39 Å². The van der Waals surface area contributed by atoms with Crippen LogP contribution in [0.5, 0.6) is 5.75 Å². The lowest BCUT2D eigenvalue weighted by molar-refractivity contribution is -0.131. The molecule has 30 heavy (non-hydrogen) atoms. The van der Waals surface area contributed by atoms with Crippen LogP contribution in [0.25, 0.3) is 0 Å². The SMILES string of the molecule is O=C(c1ccc(OC[C@H]2CCCN2C(=O)Cc2cccc(F)c2)cc1)N1CCCC1. The molecule has 5 nitrogen and oxygen atoms in total. The first kappa shape index (κ1) is 20.4. The van der Waals surface area contributed by atoms with Crippen molar-refractivity contribution in [1.29, 1.82) is 0 Å². The summed E-state index contributed by atoms with van der Waals surface area (Å²) in [5.41, 5.74) is 1.36. The molecule has 0 bridgehead atoms. The van der Waals surface area contributed by atoms with Gasteiger partial charge in [-0.3, -0.25) is 9.59 Å². The van der Waals surface area contributed by atoms with Crippen molar-refractivity contribution in [2.24, 2.45) is 0 Å². The number of hydrogen-bond acceptors (Lipinski definition) is 3. The standard InChI is InChI=1S/C24H27FN2O3/c25-20-6-3-5-18(15-20)16-23(28)27-14-4-7-21(27)17-30-22-10-8-19(9-11-22)24(29)26-12-1-2-13-26/h3,5-6,8-11,15,21H,1-2,4,7,12-14,16-17H2/t21-/m1/s1. The van der Waals surface area contributed by atoms with Gasteiger partial charge >= 0.3 is 0 Å². The fraction of sp³-hybridized carbons (Fsp3) is 0.417. The van der Waals surface area contributed by atoms with E-state index in [9.17, 15) is 14.0 Å². The molecule has 0 N–H and O–H groups in total. The smallest absolute Gasteiger partial charge is 0.253 e. The molecule has 0 radical (unpaired) electrons. The predicted octanol–water partition coefficient (Wildman–Crippen LogP) is 3.67. The molecule has 158 valence electrons. The number of ether oxygens (including phenoxy) is 1. The van der Waals surface area contributed by atoms with Gasteiger partial charge in [0, 0.05) is 25.2 Å². The number of nitrogens with zero attached hydrogens (tertiary/aromatic N) is 2. The highest BCUT2D eigenvalue weighted by molar-refractivity contribution is 5.94. The monoisotopic (exact) mass is 410 g/mol. The molecular formula is C24H27FN2O3. The van der Waals surface area contributed by atoms with E-state index in [1.807, 2.05) is 21.9 Å². The fourth-order valence-corrected chi connectivity index (χ4v) is 4.25. The Labute approximate surface area is 176 Å². The van der Waals surface area contributed by atoms with E-state index in [0.29, 0.717) is 30.0 Å². The molecule has 0 unspecified atom stereocenters. The van der Waals surface area contributed by atoms with Crippen LogP contribution in [0.3, 0.4) is 0 Å². The molecule has 2 aromatic carbocycles. The van der Waals surface area contributed by atoms with Gasteiger partial charge in [0.1, 0.15) is 18.2 Å². The first-order valence-corrected chi connectivity index (χ1v) is 10.7. The topological polar surface area (TPSA) is 49.9 Å². The van der Waals surface area contributed by atoms with Crippen LogP contribution >= 0.6 is 0 Å². The van der Waals surface area contributed by atoms with E-state index in [0.717, 1.165) is 38.8 Å². The van der Waals surface area contributed by atoms with Crippen molar-refractivity contribution >= 4 is 11.8 Å². The Balaban J connectivity index is 1.31. The molecule has 4 rings (SSSR count). The Kier molecular flexibility index (Phi) is 6.31. The number of benzene rings is 2. The summed E-state index contributed by atoms with van der Waals surface area (Å²) in [5.74, 6) is 0.438. The maximum Gasteiger partial charge on any atom is 0.253 e. The number of carbonyl (C=O) groups excluding carboxylic acids is 2. The molecule has 0 spiro atoms. The molecule has 2 saturated heterocycles. The second kappa shape index (κ2) is 9.28. The highest BCUT2D eigenvalue weighted by Gasteiger charge is 2.29. The molecule has 0 aromatic heterocycles. The quantitative estimate of drug-likeness (QED) is 0.730. The van der Waals surface area contributed by atoms with E-state index in [4.69, 9.17) is 4.74 Å². The van der Waals surface area contributed by atoms with Gasteiger partial charge in [0.25, 0.3) is 5.91 Å². The Hall–Kier alpha value is -2.89. The first-order chi connectivity index (χ1) is 14.6. The van der Waals surface area contributed by atoms with Crippen LogP contribution in [0.4, 0.5) is 4.39 Å². The molecule has 2 amide bonds. The van der Waals surface area contributed by atoms with Gasteiger partial charge in [-0.1, -0.05) is 12.1 Å². The fourth-order valence-electron chi connectivity index (χ4n) is 4.25. The first-order valence-electron chi connectivity index (χ1n) is 10.7. The van der Waals surface area contributed by atoms with Crippen LogP contribution in [0, 0.1) is 5.82 Å². The Morgan fingerprint density at radius 2 is 1.77 bits per heavy atom. The molecule has 0 saturated carbocycles. The van der Waals surface area contributed by atoms with Crippen molar-refractivity contribution in [1.82, 2.24) is 9.80 Å². The second-order valence-electron chi connectivity index (χ2n) is 8.02. The van der Waals surface area contributed by atoms with Gasteiger partial charge in [0.15, 0.2) is 0 Å². The highest BCUT2D eigenvalue weighted by Crippen LogP contribution is 2.22. The summed E-state index contributed by atoms with van der Waals surface area (Å²) < 4.78 is 19.3. The third-order valence-electron chi connectivity index (χ3n) is 5.88. The minimum Gasteiger partial charge on any atom is -0.491 e. The Morgan fingerprint density at radius 1 is 1.00 bits per heavy atom. The number of hydrogen-bond donors (Lipinski definition) is 0. The largest absolute Gasteiger partial charge is 0.491 e. The molecule has 2 aliphatic rings. The lowest BCUT2D eigenvalue weighted by atomic mass is 10.1. The third kappa shape index (κ3) is 4.81. The third-order valence-corrected chi connectivity index (χ3v) is 5.88. The van der Waals surface area contributed by atoms with E-state index in [-0.39, 0.29) is 30.1 Å². The summed E-state index contributed by atoms with van der Waals surface area (Å²) in [6.45, 7) is 2.77. The van der Waals surface area contributed by atoms with Crippen LogP contribution in [-0.2, 0) is 11.2 Å². The van der Waals surface area contributed by atoms with Gasteiger partial charge in [-0.2, -0.15) is 0 Å². The van der Waals surface area contributed by atoms with Crippen LogP contribution in [0.15, 0.2) is 48.5 Å². The zero-order chi connectivity index (χ0) is 20.9. The number of amides is 2. The van der Waals surface area contributed by atoms with Crippen molar-refractivity contribution in [3.05, 3.63) is 65.5 Å². The summed E-state index contributed by atoms with van der Waals surface area (Å²) in [7, 11) is 0. The summed E-state index contributed by atoms with van der Waals surface area (Å²) in [6.07, 6.45) is 4.17. The van der Waals surface area contributed by atoms with E-state index in [2.05, 4.69) is 0 Å². The molecule has 2 aromatic rings. The average molecular weight is 410 g/mol. The maximum absolute atomic E-state index is 13.4. The van der Waals surface area contributed by atoms with E-state index in [1.54, 1.807) is 24.3 Å². The van der Waals surface area contributed by atoms with Crippen LogP contribution in [0.2, 0.25) is 0 Å². The lowest BCUT2D eigenvalue weighted by Crippen LogP contribution is -2.39. The Bertz CT molecular complexity index is 894. The van der Waals surface area contributed by atoms with E-state index in [1.165, 1.54) is 12.1 Å². The average Bonchev–Trinajstić information content (AvgIpc) is 3.44. The van der Waals surface area contributed by atoms with Crippen molar-refractivity contribution < 1.29 is 18.7 Å². The number of halogens is 1. The summed E-state index contributed by atoms with van der Waals surface area (Å²) in [4.78, 5) is 28.9. The van der Waals surface area contributed by atoms with Gasteiger partial charge in [0.05, 0.1) is 12.5 Å². The van der Waals surface area contributed by atoms with Gasteiger partial charge < -0.3 is 14.5 Å². The molecule has 6 heteroatoms. The number of rotatable bonds is 6. The summed E-state index contributed by atoms with van der Waals surface area (Å²) >= 11 is 0. The van der Waals surface area contributed by atoms with Crippen molar-refractivity contribution in [3.8, 4) is 5.75 Å². The maximum atomic E-state index is 13.4. The molecule has 0 aliphatic carbocycles. The van der Waals surface area contributed by atoms with Crippen molar-refractivity contribution in [2.45, 2.75) is 38.1 Å². The molecule has 2 fully saturated rings. The van der Waals surface area contributed by atoms with Crippen molar-refractivity contribution in [2.75, 3.05) is 26.2 Å². The molecular weight excluding hydrogens is 383 g/mol. The number of likely N-dealkylation sites (tertiary alicyclic amines) is 2. The molecule has 2 heterocycles. The normalized spacial score (nSPS) is 18.6. The Morgan fingerprint density at radius 3 is 2.50 bits per heavy atom. The lowest BCUT2D eigenvalue weighted by Gasteiger charge is -2.25. The highest BCUT2D eigenvalue weighted by atomic mass is 19.1. The molecule has 1 atom stereocenters. The minimum absolute atomic E-state index is 0.00161. The molecule has 2 aliphatic heterocycles. The van der Waals surface area contributed by atoms with Gasteiger partial charge in [-0.05, 0) is 67.6 Å². The predicted molar refractivity (Wildman–Crippen MR) is 112 cm³/mol. The van der Waals surface area contributed by atoms with Gasteiger partial charge in [-0.15, -0.1) is 0 Å². The van der Waals surface area contributed by atoms with Crippen LogP contribution in [-0.4, -0.2) is 53.9 Å². The van der Waals surface area contributed by atoms with E-state index < -0.39 is 0 Å². The minimum atomic E-state index is -0.326. The van der Waals surface area contributed by atoms with Crippen LogP contribution in [0.1, 0.15) is 41.6 Å². The summed E-state index contributed by atoms with van der Waals surface area (Å²) in [5, 5.41) is 0. The van der Waals surface area contributed by atoms with Gasteiger partial charge in [0.2, 0.25) is 5.91 Å².